The van der Waals surface area contributed by atoms with Gasteiger partial charge >= 0.3 is 5.97 Å². The zero-order chi connectivity index (χ0) is 16.0. The molecule has 1 atom stereocenters. The molecule has 22 heavy (non-hydrogen) atoms. The van der Waals surface area contributed by atoms with E-state index >= 15 is 0 Å². The maximum absolute atomic E-state index is 12.5. The molecule has 1 unspecified atom stereocenters. The smallest absolute Gasteiger partial charge is 0.328 e. The highest BCUT2D eigenvalue weighted by Gasteiger charge is 2.26. The molecule has 4 heteroatoms. The van der Waals surface area contributed by atoms with Gasteiger partial charge in [-0.2, -0.15) is 0 Å². The number of hydrogen-bond acceptors (Lipinski definition) is 4. The fourth-order valence-corrected chi connectivity index (χ4v) is 2.06. The van der Waals surface area contributed by atoms with Crippen LogP contribution in [0.15, 0.2) is 54.9 Å². The summed E-state index contributed by atoms with van der Waals surface area (Å²) in [5.74, 6) is -0.295. The summed E-state index contributed by atoms with van der Waals surface area (Å²) >= 11 is 0. The summed E-state index contributed by atoms with van der Waals surface area (Å²) in [5.41, 5.74) is 1.39. The van der Waals surface area contributed by atoms with Crippen molar-refractivity contribution in [3.8, 4) is 0 Å². The lowest BCUT2D eigenvalue weighted by atomic mass is 10.1. The molecule has 1 N–H and O–H groups in total. The van der Waals surface area contributed by atoms with Crippen LogP contribution in [0.4, 0.5) is 0 Å². The van der Waals surface area contributed by atoms with Crippen LogP contribution >= 0.6 is 0 Å². The van der Waals surface area contributed by atoms with E-state index in [1.165, 1.54) is 0 Å². The van der Waals surface area contributed by atoms with E-state index in [1.54, 1.807) is 12.4 Å². The quantitative estimate of drug-likeness (QED) is 0.861. The number of esters is 1. The average molecular weight is 298 g/mol. The number of carbonyl (C=O) groups excluding carboxylic acids is 1. The van der Waals surface area contributed by atoms with Crippen LogP contribution in [0.25, 0.3) is 0 Å². The van der Waals surface area contributed by atoms with Crippen LogP contribution in [0, 0.1) is 0 Å². The van der Waals surface area contributed by atoms with Crippen LogP contribution in [0.5, 0.6) is 0 Å². The monoisotopic (exact) mass is 298 g/mol. The van der Waals surface area contributed by atoms with Crippen molar-refractivity contribution >= 4 is 5.97 Å². The third-order valence-electron chi connectivity index (χ3n) is 3.01. The minimum atomic E-state index is -0.534. The number of carbonyl (C=O) groups is 1. The standard InChI is InChI=1S/C18H22N2O2/c1-18(2,3)22-17(21)16(15-10-7-11-19-13-15)20-12-14-8-5-4-6-9-14/h4-11,13,16,20H,12H2,1-3H3. The second-order valence-electron chi connectivity index (χ2n) is 6.12. The lowest BCUT2D eigenvalue weighted by Crippen LogP contribution is -2.34. The minimum absolute atomic E-state index is 0.295. The van der Waals surface area contributed by atoms with Crippen LogP contribution in [0.2, 0.25) is 0 Å². The molecule has 2 aromatic rings. The predicted molar refractivity (Wildman–Crippen MR) is 86.1 cm³/mol. The number of aromatic nitrogens is 1. The second-order valence-corrected chi connectivity index (χ2v) is 6.12. The first-order chi connectivity index (χ1) is 10.5. The summed E-state index contributed by atoms with van der Waals surface area (Å²) in [5, 5.41) is 3.26. The Morgan fingerprint density at radius 3 is 2.50 bits per heavy atom. The van der Waals surface area contributed by atoms with Crippen molar-refractivity contribution in [2.24, 2.45) is 0 Å². The number of nitrogens with one attached hydrogen (secondary N) is 1. The van der Waals surface area contributed by atoms with Gasteiger partial charge in [-0.1, -0.05) is 36.4 Å². The molecule has 0 radical (unpaired) electrons. The zero-order valence-electron chi connectivity index (χ0n) is 13.2. The van der Waals surface area contributed by atoms with Crippen molar-refractivity contribution in [2.45, 2.75) is 39.0 Å². The number of ether oxygens (including phenoxy) is 1. The van der Waals surface area contributed by atoms with E-state index in [4.69, 9.17) is 4.74 Å². The molecular formula is C18H22N2O2. The first kappa shape index (κ1) is 16.2. The van der Waals surface area contributed by atoms with Crippen molar-refractivity contribution in [3.63, 3.8) is 0 Å². The predicted octanol–water partition coefficient (Wildman–Crippen LogP) is 3.25. The highest BCUT2D eigenvalue weighted by Crippen LogP contribution is 2.18. The first-order valence-corrected chi connectivity index (χ1v) is 7.36. The Bertz CT molecular complexity index is 591. The lowest BCUT2D eigenvalue weighted by molar-refractivity contribution is -0.157. The van der Waals surface area contributed by atoms with Gasteiger partial charge in [-0.05, 0) is 38.0 Å². The normalized spacial score (nSPS) is 12.7. The van der Waals surface area contributed by atoms with Crippen LogP contribution in [0.3, 0.4) is 0 Å². The molecular weight excluding hydrogens is 276 g/mol. The fraction of sp³-hybridized carbons (Fsp3) is 0.333. The van der Waals surface area contributed by atoms with Gasteiger partial charge in [-0.25, -0.2) is 4.79 Å². The van der Waals surface area contributed by atoms with Crippen LogP contribution in [0.1, 0.15) is 37.9 Å². The molecule has 0 bridgehead atoms. The molecule has 4 nitrogen and oxygen atoms in total. The number of pyridine rings is 1. The Morgan fingerprint density at radius 1 is 1.18 bits per heavy atom. The maximum Gasteiger partial charge on any atom is 0.328 e. The molecule has 116 valence electrons. The van der Waals surface area contributed by atoms with Crippen molar-refractivity contribution in [1.29, 1.82) is 0 Å². The van der Waals surface area contributed by atoms with E-state index < -0.39 is 11.6 Å². The number of hydrogen-bond donors (Lipinski definition) is 1. The first-order valence-electron chi connectivity index (χ1n) is 7.36. The van der Waals surface area contributed by atoms with Crippen molar-refractivity contribution in [1.82, 2.24) is 10.3 Å². The second kappa shape index (κ2) is 7.18. The van der Waals surface area contributed by atoms with E-state index in [9.17, 15) is 4.79 Å². The van der Waals surface area contributed by atoms with Gasteiger partial charge in [0.1, 0.15) is 11.6 Å². The van der Waals surface area contributed by atoms with Gasteiger partial charge in [0.05, 0.1) is 0 Å². The van der Waals surface area contributed by atoms with E-state index in [0.717, 1.165) is 11.1 Å². The summed E-state index contributed by atoms with van der Waals surface area (Å²) in [6.45, 7) is 6.17. The lowest BCUT2D eigenvalue weighted by Gasteiger charge is -2.24. The molecule has 1 aromatic heterocycles. The molecule has 1 heterocycles. The molecule has 0 saturated carbocycles. The summed E-state index contributed by atoms with van der Waals surface area (Å²) in [6, 6.07) is 13.1. The molecule has 0 aliphatic carbocycles. The van der Waals surface area contributed by atoms with Crippen molar-refractivity contribution in [3.05, 3.63) is 66.0 Å². The molecule has 0 fully saturated rings. The van der Waals surface area contributed by atoms with Gasteiger partial charge < -0.3 is 4.74 Å². The summed E-state index contributed by atoms with van der Waals surface area (Å²) in [4.78, 5) is 16.6. The van der Waals surface area contributed by atoms with Crippen LogP contribution < -0.4 is 5.32 Å². The number of rotatable bonds is 5. The largest absolute Gasteiger partial charge is 0.459 e. The molecule has 0 spiro atoms. The van der Waals surface area contributed by atoms with Gasteiger partial charge in [0.2, 0.25) is 0 Å². The van der Waals surface area contributed by atoms with Gasteiger partial charge in [0.25, 0.3) is 0 Å². The van der Waals surface area contributed by atoms with Gasteiger partial charge in [-0.3, -0.25) is 10.3 Å². The van der Waals surface area contributed by atoms with Crippen LogP contribution in [-0.4, -0.2) is 16.6 Å². The molecule has 1 aromatic carbocycles. The Balaban J connectivity index is 2.13. The number of benzene rings is 1. The Hall–Kier alpha value is -2.20. The van der Waals surface area contributed by atoms with E-state index in [2.05, 4.69) is 10.3 Å². The summed E-state index contributed by atoms with van der Waals surface area (Å²) in [7, 11) is 0. The Kier molecular flexibility index (Phi) is 5.28. The Morgan fingerprint density at radius 2 is 1.91 bits per heavy atom. The van der Waals surface area contributed by atoms with Crippen LogP contribution in [-0.2, 0) is 16.1 Å². The SMILES string of the molecule is CC(C)(C)OC(=O)C(NCc1ccccc1)c1cccnc1. The molecule has 0 aliphatic heterocycles. The van der Waals surface area contributed by atoms with E-state index in [-0.39, 0.29) is 5.97 Å². The molecule has 2 rings (SSSR count). The molecule has 0 aliphatic rings. The minimum Gasteiger partial charge on any atom is -0.459 e. The number of nitrogens with zero attached hydrogens (tertiary/aromatic N) is 1. The zero-order valence-corrected chi connectivity index (χ0v) is 13.2. The summed E-state index contributed by atoms with van der Waals surface area (Å²) < 4.78 is 5.51. The highest BCUT2D eigenvalue weighted by atomic mass is 16.6. The molecule has 0 saturated heterocycles. The highest BCUT2D eigenvalue weighted by molar-refractivity contribution is 5.77. The van der Waals surface area contributed by atoms with Gasteiger partial charge in [-0.15, -0.1) is 0 Å². The third kappa shape index (κ3) is 4.97. The average Bonchev–Trinajstić information content (AvgIpc) is 2.48. The van der Waals surface area contributed by atoms with E-state index in [1.807, 2.05) is 63.2 Å². The topological polar surface area (TPSA) is 51.2 Å². The van der Waals surface area contributed by atoms with Crippen molar-refractivity contribution < 1.29 is 9.53 Å². The molecule has 0 amide bonds. The van der Waals surface area contributed by atoms with Crippen molar-refractivity contribution in [2.75, 3.05) is 0 Å². The van der Waals surface area contributed by atoms with E-state index in [0.29, 0.717) is 6.54 Å². The Labute approximate surface area is 131 Å². The van der Waals surface area contributed by atoms with Gasteiger partial charge in [0.15, 0.2) is 0 Å². The fourth-order valence-electron chi connectivity index (χ4n) is 2.06. The summed E-state index contributed by atoms with van der Waals surface area (Å²) in [6.07, 6.45) is 3.37. The van der Waals surface area contributed by atoms with Gasteiger partial charge in [0, 0.05) is 18.9 Å². The maximum atomic E-state index is 12.5. The third-order valence-corrected chi connectivity index (χ3v) is 3.01.